The smallest absolute Gasteiger partial charge is 0.338 e. The monoisotopic (exact) mass is 434 g/mol. The van der Waals surface area contributed by atoms with Crippen molar-refractivity contribution in [2.24, 2.45) is 0 Å². The average molecular weight is 434 g/mol. The lowest BCUT2D eigenvalue weighted by molar-refractivity contribution is -0.141. The highest BCUT2D eigenvalue weighted by Crippen LogP contribution is 2.29. The van der Waals surface area contributed by atoms with E-state index in [2.05, 4.69) is 0 Å². The molecule has 3 rings (SSSR count). The van der Waals surface area contributed by atoms with Gasteiger partial charge in [-0.3, -0.25) is 14.5 Å². The molecule has 0 spiro atoms. The number of nitrogens with zero attached hydrogens (tertiary/aromatic N) is 2. The summed E-state index contributed by atoms with van der Waals surface area (Å²) >= 11 is 0. The first-order valence-electron chi connectivity index (χ1n) is 9.98. The maximum Gasteiger partial charge on any atom is 0.338 e. The van der Waals surface area contributed by atoms with Crippen molar-refractivity contribution in [1.29, 1.82) is 5.26 Å². The molecule has 0 unspecified atom stereocenters. The summed E-state index contributed by atoms with van der Waals surface area (Å²) in [7, 11) is 0. The Balaban J connectivity index is 1.90. The molecule has 1 aromatic carbocycles. The van der Waals surface area contributed by atoms with Gasteiger partial charge in [-0.25, -0.2) is 4.79 Å². The minimum Gasteiger partial charge on any atom is -0.459 e. The molecule has 164 valence electrons. The van der Waals surface area contributed by atoms with Crippen LogP contribution in [-0.4, -0.2) is 47.0 Å². The number of hydrogen-bond acceptors (Lipinski definition) is 7. The Morgan fingerprint density at radius 1 is 1.19 bits per heavy atom. The SMILES string of the molecule is CC1=C(C#N)C(=O)N(CCO)C(=O)/C1=C/c1ccc(-c2ccc(C(=O)OC(C)C)cc2)o1. The molecule has 8 nitrogen and oxygen atoms in total. The van der Waals surface area contributed by atoms with E-state index in [0.717, 1.165) is 4.90 Å². The molecule has 0 saturated heterocycles. The summed E-state index contributed by atoms with van der Waals surface area (Å²) in [5.41, 5.74) is 1.38. The second kappa shape index (κ2) is 9.45. The number of rotatable bonds is 6. The number of aliphatic hydroxyl groups is 1. The van der Waals surface area contributed by atoms with Crippen LogP contribution in [0.4, 0.5) is 0 Å². The molecule has 1 N–H and O–H groups in total. The zero-order valence-corrected chi connectivity index (χ0v) is 17.9. The van der Waals surface area contributed by atoms with Gasteiger partial charge >= 0.3 is 5.97 Å². The summed E-state index contributed by atoms with van der Waals surface area (Å²) in [4.78, 5) is 37.9. The Hall–Kier alpha value is -3.96. The lowest BCUT2D eigenvalue weighted by atomic mass is 9.95. The highest BCUT2D eigenvalue weighted by atomic mass is 16.5. The third-order valence-electron chi connectivity index (χ3n) is 4.81. The summed E-state index contributed by atoms with van der Waals surface area (Å²) < 4.78 is 11.0. The van der Waals surface area contributed by atoms with E-state index < -0.39 is 24.4 Å². The zero-order valence-electron chi connectivity index (χ0n) is 17.9. The second-order valence-electron chi connectivity index (χ2n) is 7.39. The number of aliphatic hydroxyl groups excluding tert-OH is 1. The van der Waals surface area contributed by atoms with Crippen molar-refractivity contribution in [2.75, 3.05) is 13.2 Å². The van der Waals surface area contributed by atoms with Gasteiger partial charge in [-0.1, -0.05) is 12.1 Å². The molecule has 2 aromatic rings. The van der Waals surface area contributed by atoms with Crippen LogP contribution in [0.25, 0.3) is 17.4 Å². The van der Waals surface area contributed by atoms with E-state index in [0.29, 0.717) is 22.6 Å². The summed E-state index contributed by atoms with van der Waals surface area (Å²) in [6.07, 6.45) is 1.25. The Morgan fingerprint density at radius 3 is 2.47 bits per heavy atom. The van der Waals surface area contributed by atoms with Gasteiger partial charge in [-0.15, -0.1) is 0 Å². The topological polar surface area (TPSA) is 121 Å². The van der Waals surface area contributed by atoms with Gasteiger partial charge in [0.1, 0.15) is 23.2 Å². The number of carbonyl (C=O) groups excluding carboxylic acids is 3. The fraction of sp³-hybridized carbons (Fsp3) is 0.250. The molecule has 0 radical (unpaired) electrons. The first kappa shape index (κ1) is 22.7. The third kappa shape index (κ3) is 4.53. The Labute approximate surface area is 185 Å². The Bertz CT molecular complexity index is 1160. The highest BCUT2D eigenvalue weighted by Gasteiger charge is 2.35. The van der Waals surface area contributed by atoms with Crippen LogP contribution >= 0.6 is 0 Å². The number of benzene rings is 1. The third-order valence-corrected chi connectivity index (χ3v) is 4.81. The van der Waals surface area contributed by atoms with Gasteiger partial charge in [0.05, 0.1) is 24.8 Å². The molecule has 0 saturated carbocycles. The standard InChI is InChI=1S/C24H22N2O6/c1-14(2)31-24(30)17-6-4-16(5-7-17)21-9-8-18(32-21)12-19-15(3)20(13-25)23(29)26(10-11-27)22(19)28/h4-9,12,14,27H,10-11H2,1-3H3/b19-12+. The van der Waals surface area contributed by atoms with E-state index in [9.17, 15) is 19.6 Å². The van der Waals surface area contributed by atoms with Gasteiger partial charge in [-0.2, -0.15) is 5.26 Å². The molecular weight excluding hydrogens is 412 g/mol. The predicted octanol–water partition coefficient (Wildman–Crippen LogP) is 3.10. The number of furan rings is 1. The number of amides is 2. The zero-order chi connectivity index (χ0) is 23.4. The van der Waals surface area contributed by atoms with Crippen LogP contribution < -0.4 is 0 Å². The highest BCUT2D eigenvalue weighted by molar-refractivity contribution is 6.19. The lowest BCUT2D eigenvalue weighted by Gasteiger charge is -2.26. The van der Waals surface area contributed by atoms with Crippen LogP contribution in [0, 0.1) is 11.3 Å². The van der Waals surface area contributed by atoms with E-state index in [1.54, 1.807) is 50.2 Å². The van der Waals surface area contributed by atoms with Crippen LogP contribution in [-0.2, 0) is 14.3 Å². The maximum atomic E-state index is 12.8. The minimum absolute atomic E-state index is 0.141. The second-order valence-corrected chi connectivity index (χ2v) is 7.39. The van der Waals surface area contributed by atoms with Gasteiger partial charge in [0.15, 0.2) is 0 Å². The predicted molar refractivity (Wildman–Crippen MR) is 115 cm³/mol. The number of nitriles is 1. The van der Waals surface area contributed by atoms with Crippen LogP contribution in [0.5, 0.6) is 0 Å². The molecule has 8 heteroatoms. The number of β-amino-alcohol motifs (C(OH)–C–C–N with tert-alkyl or cyclic N) is 1. The molecule has 2 amide bonds. The summed E-state index contributed by atoms with van der Waals surface area (Å²) in [5, 5.41) is 18.5. The van der Waals surface area contributed by atoms with E-state index in [1.165, 1.54) is 13.0 Å². The fourth-order valence-corrected chi connectivity index (χ4v) is 3.21. The molecular formula is C24H22N2O6. The van der Waals surface area contributed by atoms with Crippen molar-refractivity contribution < 1.29 is 28.6 Å². The lowest BCUT2D eigenvalue weighted by Crippen LogP contribution is -2.44. The van der Waals surface area contributed by atoms with Crippen LogP contribution in [0.15, 0.2) is 57.5 Å². The number of imide groups is 1. The van der Waals surface area contributed by atoms with Crippen molar-refractivity contribution in [1.82, 2.24) is 4.90 Å². The molecule has 0 bridgehead atoms. The first-order chi connectivity index (χ1) is 15.3. The van der Waals surface area contributed by atoms with Crippen molar-refractivity contribution in [3.8, 4) is 17.4 Å². The molecule has 0 fully saturated rings. The molecule has 1 aliphatic rings. The van der Waals surface area contributed by atoms with Crippen molar-refractivity contribution in [3.05, 3.63) is 64.4 Å². The normalized spacial score (nSPS) is 15.5. The average Bonchev–Trinajstić information content (AvgIpc) is 3.23. The van der Waals surface area contributed by atoms with Crippen LogP contribution in [0.3, 0.4) is 0 Å². The maximum absolute atomic E-state index is 12.8. The Morgan fingerprint density at radius 2 is 1.88 bits per heavy atom. The number of hydrogen-bond donors (Lipinski definition) is 1. The van der Waals surface area contributed by atoms with Crippen molar-refractivity contribution in [2.45, 2.75) is 26.9 Å². The van der Waals surface area contributed by atoms with Gasteiger partial charge in [-0.05, 0) is 56.7 Å². The van der Waals surface area contributed by atoms with E-state index in [-0.39, 0.29) is 29.4 Å². The van der Waals surface area contributed by atoms with E-state index in [4.69, 9.17) is 14.3 Å². The first-order valence-corrected chi connectivity index (χ1v) is 9.98. The molecule has 0 aliphatic carbocycles. The quantitative estimate of drug-likeness (QED) is 0.421. The van der Waals surface area contributed by atoms with Gasteiger partial charge in [0, 0.05) is 11.1 Å². The molecule has 0 atom stereocenters. The van der Waals surface area contributed by atoms with E-state index in [1.807, 2.05) is 6.07 Å². The van der Waals surface area contributed by atoms with Crippen LogP contribution in [0.1, 0.15) is 36.9 Å². The fourth-order valence-electron chi connectivity index (χ4n) is 3.21. The van der Waals surface area contributed by atoms with Gasteiger partial charge in [0.2, 0.25) is 0 Å². The van der Waals surface area contributed by atoms with Gasteiger partial charge < -0.3 is 14.3 Å². The van der Waals surface area contributed by atoms with Crippen molar-refractivity contribution >= 4 is 23.9 Å². The number of esters is 1. The number of ether oxygens (including phenoxy) is 1. The molecule has 1 aliphatic heterocycles. The number of carbonyl (C=O) groups is 3. The summed E-state index contributed by atoms with van der Waals surface area (Å²) in [6.45, 7) is 4.46. The summed E-state index contributed by atoms with van der Waals surface area (Å²) in [5.74, 6) is -0.885. The van der Waals surface area contributed by atoms with Gasteiger partial charge in [0.25, 0.3) is 11.8 Å². The minimum atomic E-state index is -0.725. The molecule has 2 heterocycles. The Kier molecular flexibility index (Phi) is 6.71. The molecule has 32 heavy (non-hydrogen) atoms. The van der Waals surface area contributed by atoms with Crippen molar-refractivity contribution in [3.63, 3.8) is 0 Å². The van der Waals surface area contributed by atoms with E-state index >= 15 is 0 Å². The van der Waals surface area contributed by atoms with Crippen LogP contribution in [0.2, 0.25) is 0 Å². The largest absolute Gasteiger partial charge is 0.459 e. The summed E-state index contributed by atoms with van der Waals surface area (Å²) in [6, 6.07) is 11.9. The molecule has 1 aromatic heterocycles.